The van der Waals surface area contributed by atoms with Gasteiger partial charge in [0.05, 0.1) is 56.0 Å². The lowest BCUT2D eigenvalue weighted by Crippen LogP contribution is -2.49. The van der Waals surface area contributed by atoms with E-state index in [4.69, 9.17) is 33.7 Å². The summed E-state index contributed by atoms with van der Waals surface area (Å²) in [5.74, 6) is 3.75. The number of allylic oxidation sites excluding steroid dienone is 2. The number of aliphatic hydroxyl groups excluding tert-OH is 1. The molecule has 0 saturated carbocycles. The van der Waals surface area contributed by atoms with E-state index in [1.807, 2.05) is 71.3 Å². The second kappa shape index (κ2) is 18.9. The van der Waals surface area contributed by atoms with E-state index in [1.54, 1.807) is 66.6 Å². The maximum atomic E-state index is 14.4. The molecule has 3 aromatic carbocycles. The van der Waals surface area contributed by atoms with Crippen molar-refractivity contribution in [3.8, 4) is 23.0 Å². The van der Waals surface area contributed by atoms with Crippen LogP contribution in [0.5, 0.6) is 23.0 Å². The molecular weight excluding hydrogens is 805 g/mol. The Morgan fingerprint density at radius 2 is 1.49 bits per heavy atom. The van der Waals surface area contributed by atoms with Gasteiger partial charge in [0.25, 0.3) is 0 Å². The summed E-state index contributed by atoms with van der Waals surface area (Å²) >= 11 is 0. The zero-order valence-corrected chi connectivity index (χ0v) is 36.6. The highest BCUT2D eigenvalue weighted by Crippen LogP contribution is 2.45. The van der Waals surface area contributed by atoms with Crippen LogP contribution in [-0.4, -0.2) is 110 Å². The summed E-state index contributed by atoms with van der Waals surface area (Å²) in [6, 6.07) is 17.9. The molecule has 0 spiro atoms. The number of imidazole rings is 2. The predicted octanol–water partition coefficient (Wildman–Crippen LogP) is 5.77. The number of nitrogens with one attached hydrogen (secondary N) is 4. The second-order valence-electron chi connectivity index (χ2n) is 15.1. The first-order valence-electron chi connectivity index (χ1n) is 20.6. The number of fused-ring (bicyclic) bond motifs is 1. The molecule has 330 valence electrons. The summed E-state index contributed by atoms with van der Waals surface area (Å²) in [4.78, 5) is 48.7. The van der Waals surface area contributed by atoms with Gasteiger partial charge < -0.3 is 59.2 Å². The summed E-state index contributed by atoms with van der Waals surface area (Å²) in [7, 11) is 8.24. The lowest BCUT2D eigenvalue weighted by Gasteiger charge is -2.37. The molecule has 5 aromatic rings. The van der Waals surface area contributed by atoms with Crippen molar-refractivity contribution in [2.45, 2.75) is 38.3 Å². The SMILES string of the molecule is C=C/C=C\c1nc(C2=C(NC)N(c3cc(OC)cc(OCCOCCC4C(=O)C(c5nc6ccccc6[nH]5)=C(NC)N4c4cc(OC)cc(OC)c4)c3)C(C)(CCO)C2=O)[nH]c1C. The summed E-state index contributed by atoms with van der Waals surface area (Å²) in [6.07, 6.45) is 5.74. The summed E-state index contributed by atoms with van der Waals surface area (Å²) in [5, 5.41) is 16.7. The number of anilines is 2. The van der Waals surface area contributed by atoms with Crippen LogP contribution in [0.3, 0.4) is 0 Å². The second-order valence-corrected chi connectivity index (χ2v) is 15.1. The summed E-state index contributed by atoms with van der Waals surface area (Å²) < 4.78 is 29.3. The van der Waals surface area contributed by atoms with E-state index in [1.165, 1.54) is 0 Å². The monoisotopic (exact) mass is 858 g/mol. The van der Waals surface area contributed by atoms with Gasteiger partial charge in [-0.3, -0.25) is 9.59 Å². The van der Waals surface area contributed by atoms with Gasteiger partial charge in [-0.1, -0.05) is 30.9 Å². The van der Waals surface area contributed by atoms with Crippen LogP contribution in [0, 0.1) is 6.92 Å². The van der Waals surface area contributed by atoms with Gasteiger partial charge in [-0.05, 0) is 38.5 Å². The van der Waals surface area contributed by atoms with E-state index in [9.17, 15) is 14.7 Å². The van der Waals surface area contributed by atoms with E-state index in [-0.39, 0.29) is 44.4 Å². The number of hydrogen-bond acceptors (Lipinski definition) is 14. The number of ketones is 2. The number of aryl methyl sites for hydroxylation is 1. The van der Waals surface area contributed by atoms with Gasteiger partial charge >= 0.3 is 0 Å². The fourth-order valence-electron chi connectivity index (χ4n) is 8.19. The number of hydrogen-bond donors (Lipinski definition) is 5. The molecule has 0 bridgehead atoms. The minimum Gasteiger partial charge on any atom is -0.497 e. The highest BCUT2D eigenvalue weighted by Gasteiger charge is 2.51. The standard InChI is InChI=1S/C47H54N8O8/c1-9-10-13-35-28(2)50-44(51-35)40-42(58)47(3,17-18-56)55(46(40)49-5)30-24-33(61-8)27-34(25-30)63-21-20-62-19-16-38-41(57)39(43-52-36-14-11-12-15-37(36)53-43)45(48-4)54(38)29-22-31(59-6)26-32(23-29)60-7/h9-15,22-27,38,48-49,56H,1,16-21H2,2-8H3,(H,50,51)(H,52,53)/b13-10-. The number of aromatic nitrogens is 4. The number of ether oxygens (including phenoxy) is 5. The molecule has 0 fully saturated rings. The van der Waals surface area contributed by atoms with Crippen LogP contribution < -0.4 is 39.4 Å². The number of para-hydroxylation sites is 2. The Morgan fingerprint density at radius 1 is 0.841 bits per heavy atom. The molecule has 16 nitrogen and oxygen atoms in total. The number of Topliss-reactive ketones (excluding diaryl/α,β-unsaturated/α-hetero) is 2. The van der Waals surface area contributed by atoms with E-state index in [0.717, 1.165) is 16.7 Å². The zero-order valence-electron chi connectivity index (χ0n) is 36.6. The normalized spacial score (nSPS) is 17.7. The van der Waals surface area contributed by atoms with Crippen LogP contribution in [0.4, 0.5) is 11.4 Å². The molecule has 4 heterocycles. The van der Waals surface area contributed by atoms with Crippen LogP contribution in [0.1, 0.15) is 42.8 Å². The van der Waals surface area contributed by atoms with Gasteiger partial charge in [-0.15, -0.1) is 0 Å². The highest BCUT2D eigenvalue weighted by molar-refractivity contribution is 6.30. The van der Waals surface area contributed by atoms with Gasteiger partial charge in [-0.25, -0.2) is 9.97 Å². The molecule has 16 heteroatoms. The predicted molar refractivity (Wildman–Crippen MR) is 243 cm³/mol. The molecule has 5 N–H and O–H groups in total. The quantitative estimate of drug-likeness (QED) is 0.0469. The van der Waals surface area contributed by atoms with E-state index in [2.05, 4.69) is 27.2 Å². The van der Waals surface area contributed by atoms with Gasteiger partial charge in [-0.2, -0.15) is 0 Å². The Labute approximate surface area is 366 Å². The third-order valence-electron chi connectivity index (χ3n) is 11.3. The molecule has 2 unspecified atom stereocenters. The third kappa shape index (κ3) is 8.46. The molecule has 7 rings (SSSR count). The van der Waals surface area contributed by atoms with E-state index in [0.29, 0.717) is 80.9 Å². The van der Waals surface area contributed by atoms with Crippen LogP contribution in [0.25, 0.3) is 28.3 Å². The summed E-state index contributed by atoms with van der Waals surface area (Å²) in [6.45, 7) is 7.81. The molecule has 2 aliphatic heterocycles. The van der Waals surface area contributed by atoms with Gasteiger partial charge in [0.1, 0.15) is 75.6 Å². The first kappa shape index (κ1) is 44.0. The largest absolute Gasteiger partial charge is 0.497 e. The van der Waals surface area contributed by atoms with Crippen molar-refractivity contribution in [1.29, 1.82) is 0 Å². The van der Waals surface area contributed by atoms with Crippen molar-refractivity contribution >= 4 is 51.2 Å². The maximum Gasteiger partial charge on any atom is 0.195 e. The van der Waals surface area contributed by atoms with Crippen LogP contribution in [0.15, 0.2) is 91.0 Å². The maximum absolute atomic E-state index is 14.4. The van der Waals surface area contributed by atoms with Crippen LogP contribution in [0.2, 0.25) is 0 Å². The molecule has 0 amide bonds. The zero-order chi connectivity index (χ0) is 44.8. The Balaban J connectivity index is 1.10. The number of aromatic amines is 2. The minimum atomic E-state index is -1.18. The number of aliphatic hydroxyl groups is 1. The minimum absolute atomic E-state index is 0.122. The Morgan fingerprint density at radius 3 is 2.14 bits per heavy atom. The average Bonchev–Trinajstić information content (AvgIpc) is 4.02. The van der Waals surface area contributed by atoms with Crippen molar-refractivity contribution < 1.29 is 38.4 Å². The molecule has 0 aliphatic carbocycles. The summed E-state index contributed by atoms with van der Waals surface area (Å²) in [5.41, 5.74) is 3.95. The molecule has 63 heavy (non-hydrogen) atoms. The fraction of sp³-hybridized carbons (Fsp3) is 0.319. The number of nitrogens with zero attached hydrogens (tertiary/aromatic N) is 4. The average molecular weight is 859 g/mol. The van der Waals surface area contributed by atoms with Gasteiger partial charge in [0.2, 0.25) is 0 Å². The van der Waals surface area contributed by atoms with Gasteiger partial charge in [0.15, 0.2) is 11.6 Å². The number of H-pyrrole nitrogens is 2. The molecule has 2 atom stereocenters. The van der Waals surface area contributed by atoms with Crippen molar-refractivity contribution in [1.82, 2.24) is 30.6 Å². The molecular formula is C47H54N8O8. The lowest BCUT2D eigenvalue weighted by atomic mass is 9.90. The Hall–Kier alpha value is -7.04. The first-order valence-corrected chi connectivity index (χ1v) is 20.6. The topological polar surface area (TPSA) is 188 Å². The van der Waals surface area contributed by atoms with Crippen molar-refractivity contribution in [2.75, 3.05) is 71.7 Å². The number of methoxy groups -OCH3 is 3. The highest BCUT2D eigenvalue weighted by atomic mass is 16.5. The fourth-order valence-corrected chi connectivity index (χ4v) is 8.19. The smallest absolute Gasteiger partial charge is 0.195 e. The molecule has 2 aromatic heterocycles. The van der Waals surface area contributed by atoms with Crippen LogP contribution in [-0.2, 0) is 14.3 Å². The molecule has 0 saturated heterocycles. The number of rotatable bonds is 20. The van der Waals surface area contributed by atoms with Crippen molar-refractivity contribution in [3.05, 3.63) is 114 Å². The van der Waals surface area contributed by atoms with Crippen LogP contribution >= 0.6 is 0 Å². The number of carbonyl (C=O) groups is 2. The van der Waals surface area contributed by atoms with E-state index < -0.39 is 11.6 Å². The molecule has 2 aliphatic rings. The van der Waals surface area contributed by atoms with Crippen molar-refractivity contribution in [2.24, 2.45) is 0 Å². The lowest BCUT2D eigenvalue weighted by molar-refractivity contribution is -0.118. The number of benzene rings is 3. The first-order chi connectivity index (χ1) is 30.5. The van der Waals surface area contributed by atoms with Crippen molar-refractivity contribution in [3.63, 3.8) is 0 Å². The number of carbonyl (C=O) groups excluding carboxylic acids is 2. The van der Waals surface area contributed by atoms with E-state index >= 15 is 0 Å². The Bertz CT molecular complexity index is 2550. The molecule has 0 radical (unpaired) electrons. The third-order valence-corrected chi connectivity index (χ3v) is 11.3. The Kier molecular flexibility index (Phi) is 13.2. The van der Waals surface area contributed by atoms with Gasteiger partial charge in [0, 0.05) is 75.8 Å².